The first-order valence-corrected chi connectivity index (χ1v) is 7.48. The second-order valence-corrected chi connectivity index (χ2v) is 5.52. The summed E-state index contributed by atoms with van der Waals surface area (Å²) in [6.07, 6.45) is 1.46. The fraction of sp³-hybridized carbons (Fsp3) is 0.125. The number of carbonyl (C=O) groups is 1. The molecule has 126 valence electrons. The Kier molecular flexibility index (Phi) is 3.27. The monoisotopic (exact) mass is 339 g/mol. The molecule has 4 rings (SSSR count). The molecule has 25 heavy (non-hydrogen) atoms. The Hall–Kier alpha value is -3.62. The Morgan fingerprint density at radius 3 is 2.56 bits per heavy atom. The van der Waals surface area contributed by atoms with Gasteiger partial charge in [0.25, 0.3) is 5.91 Å². The summed E-state index contributed by atoms with van der Waals surface area (Å²) in [6.45, 7) is 1.08. The summed E-state index contributed by atoms with van der Waals surface area (Å²) in [4.78, 5) is 20.2. The number of aromatic hydroxyl groups is 3. The molecular weight excluding hydrogens is 326 g/mol. The van der Waals surface area contributed by atoms with Crippen molar-refractivity contribution in [2.24, 2.45) is 0 Å². The average Bonchev–Trinajstić information content (AvgIpc) is 3.00. The summed E-state index contributed by atoms with van der Waals surface area (Å²) in [5.41, 5.74) is 1.36. The normalized spacial score (nSPS) is 13.4. The second kappa shape index (κ2) is 5.48. The number of hydrogen-bond acceptors (Lipinski definition) is 7. The molecule has 3 heterocycles. The molecule has 1 aromatic carbocycles. The summed E-state index contributed by atoms with van der Waals surface area (Å²) in [5.74, 6) is -1.10. The lowest BCUT2D eigenvalue weighted by Gasteiger charge is -2.13. The summed E-state index contributed by atoms with van der Waals surface area (Å²) in [7, 11) is 0. The Bertz CT molecular complexity index is 975. The van der Waals surface area contributed by atoms with Gasteiger partial charge in [-0.25, -0.2) is 9.97 Å². The lowest BCUT2D eigenvalue weighted by molar-refractivity contribution is 0.0924. The molecule has 0 fully saturated rings. The van der Waals surface area contributed by atoms with Crippen molar-refractivity contribution >= 4 is 5.91 Å². The van der Waals surface area contributed by atoms with E-state index in [0.717, 1.165) is 12.1 Å². The van der Waals surface area contributed by atoms with Gasteiger partial charge in [0.2, 0.25) is 0 Å². The van der Waals surface area contributed by atoms with E-state index in [1.165, 1.54) is 6.20 Å². The fourth-order valence-corrected chi connectivity index (χ4v) is 2.71. The summed E-state index contributed by atoms with van der Waals surface area (Å²) in [6, 6.07) is 5.41. The maximum absolute atomic E-state index is 11.8. The van der Waals surface area contributed by atoms with Gasteiger partial charge in [-0.2, -0.15) is 5.10 Å². The zero-order chi connectivity index (χ0) is 17.6. The van der Waals surface area contributed by atoms with Crippen molar-refractivity contribution < 1.29 is 20.1 Å². The highest BCUT2D eigenvalue weighted by molar-refractivity contribution is 5.94. The van der Waals surface area contributed by atoms with Crippen LogP contribution in [0.3, 0.4) is 0 Å². The first-order chi connectivity index (χ1) is 12.0. The van der Waals surface area contributed by atoms with Crippen LogP contribution in [0.2, 0.25) is 0 Å². The molecule has 0 radical (unpaired) electrons. The highest BCUT2D eigenvalue weighted by Gasteiger charge is 2.21. The first kappa shape index (κ1) is 14.9. The molecule has 1 amide bonds. The topological polar surface area (TPSA) is 133 Å². The fourth-order valence-electron chi connectivity index (χ4n) is 2.71. The van der Waals surface area contributed by atoms with E-state index in [0.29, 0.717) is 30.2 Å². The van der Waals surface area contributed by atoms with Gasteiger partial charge in [0.05, 0.1) is 12.2 Å². The SMILES string of the molecule is O=C1NCCn2nc(-c3ccnc(-c4c(O)cc(O)cc4O)n3)cc21. The maximum Gasteiger partial charge on any atom is 0.269 e. The van der Waals surface area contributed by atoms with Gasteiger partial charge in [-0.3, -0.25) is 9.48 Å². The van der Waals surface area contributed by atoms with Gasteiger partial charge < -0.3 is 20.6 Å². The number of phenols is 3. The summed E-state index contributed by atoms with van der Waals surface area (Å²) >= 11 is 0. The van der Waals surface area contributed by atoms with Crippen molar-refractivity contribution in [1.82, 2.24) is 25.1 Å². The lowest BCUT2D eigenvalue weighted by Crippen LogP contribution is -2.35. The molecule has 1 aliphatic rings. The number of fused-ring (bicyclic) bond motifs is 1. The van der Waals surface area contributed by atoms with E-state index in [2.05, 4.69) is 20.4 Å². The molecule has 9 heteroatoms. The van der Waals surface area contributed by atoms with E-state index >= 15 is 0 Å². The average molecular weight is 339 g/mol. The van der Waals surface area contributed by atoms with E-state index in [9.17, 15) is 20.1 Å². The molecule has 0 saturated carbocycles. The lowest BCUT2D eigenvalue weighted by atomic mass is 10.1. The molecule has 0 aliphatic carbocycles. The van der Waals surface area contributed by atoms with Crippen molar-refractivity contribution in [3.63, 3.8) is 0 Å². The second-order valence-electron chi connectivity index (χ2n) is 5.52. The molecule has 0 spiro atoms. The quantitative estimate of drug-likeness (QED) is 0.544. The van der Waals surface area contributed by atoms with Gasteiger partial charge in [-0.15, -0.1) is 0 Å². The van der Waals surface area contributed by atoms with Gasteiger partial charge in [0, 0.05) is 24.9 Å². The van der Waals surface area contributed by atoms with E-state index < -0.39 is 0 Å². The Morgan fingerprint density at radius 1 is 1.08 bits per heavy atom. The van der Waals surface area contributed by atoms with Crippen LogP contribution in [0.15, 0.2) is 30.5 Å². The number of nitrogens with one attached hydrogen (secondary N) is 1. The minimum Gasteiger partial charge on any atom is -0.508 e. The highest BCUT2D eigenvalue weighted by Crippen LogP contribution is 2.38. The zero-order valence-corrected chi connectivity index (χ0v) is 12.8. The number of aromatic nitrogens is 4. The Labute approximate surface area is 141 Å². The van der Waals surface area contributed by atoms with E-state index in [1.807, 2.05) is 0 Å². The number of benzene rings is 1. The van der Waals surface area contributed by atoms with Crippen LogP contribution in [0.1, 0.15) is 10.5 Å². The number of amides is 1. The van der Waals surface area contributed by atoms with Crippen molar-refractivity contribution in [2.45, 2.75) is 6.54 Å². The van der Waals surface area contributed by atoms with Gasteiger partial charge in [0.1, 0.15) is 34.2 Å². The molecule has 1 aliphatic heterocycles. The smallest absolute Gasteiger partial charge is 0.269 e. The van der Waals surface area contributed by atoms with Crippen LogP contribution in [0.5, 0.6) is 17.2 Å². The van der Waals surface area contributed by atoms with Crippen molar-refractivity contribution in [2.75, 3.05) is 6.54 Å². The molecule has 9 nitrogen and oxygen atoms in total. The highest BCUT2D eigenvalue weighted by atomic mass is 16.3. The van der Waals surface area contributed by atoms with Crippen molar-refractivity contribution in [1.29, 1.82) is 0 Å². The molecule has 2 aromatic heterocycles. The molecule has 0 saturated heterocycles. The van der Waals surface area contributed by atoms with Crippen LogP contribution in [-0.2, 0) is 6.54 Å². The number of hydrogen-bond donors (Lipinski definition) is 4. The number of phenolic OH excluding ortho intramolecular Hbond substituents is 3. The summed E-state index contributed by atoms with van der Waals surface area (Å²) in [5, 5.41) is 36.5. The molecule has 0 atom stereocenters. The van der Waals surface area contributed by atoms with Gasteiger partial charge in [0.15, 0.2) is 5.82 Å². The van der Waals surface area contributed by atoms with Crippen LogP contribution in [0.4, 0.5) is 0 Å². The first-order valence-electron chi connectivity index (χ1n) is 7.48. The van der Waals surface area contributed by atoms with Crippen LogP contribution in [0.25, 0.3) is 22.8 Å². The maximum atomic E-state index is 11.8. The molecular formula is C16H13N5O4. The van der Waals surface area contributed by atoms with Crippen molar-refractivity contribution in [3.8, 4) is 40.0 Å². The van der Waals surface area contributed by atoms with E-state index in [-0.39, 0.29) is 34.5 Å². The van der Waals surface area contributed by atoms with Crippen LogP contribution >= 0.6 is 0 Å². The third-order valence-corrected chi connectivity index (χ3v) is 3.84. The van der Waals surface area contributed by atoms with Crippen LogP contribution in [-0.4, -0.2) is 47.5 Å². The summed E-state index contributed by atoms with van der Waals surface area (Å²) < 4.78 is 1.60. The van der Waals surface area contributed by atoms with E-state index in [4.69, 9.17) is 0 Å². The van der Waals surface area contributed by atoms with E-state index in [1.54, 1.807) is 16.8 Å². The van der Waals surface area contributed by atoms with Crippen LogP contribution < -0.4 is 5.32 Å². The molecule has 3 aromatic rings. The van der Waals surface area contributed by atoms with Crippen LogP contribution in [0, 0.1) is 0 Å². The standard InChI is InChI=1S/C16H13N5O4/c22-8-5-12(23)14(13(24)6-8)15-17-2-1-9(19-15)10-7-11-16(25)18-3-4-21(11)20-10/h1-2,5-7,22-24H,3-4H2,(H,18,25). The van der Waals surface area contributed by atoms with Gasteiger partial charge in [-0.05, 0) is 12.1 Å². The molecule has 0 bridgehead atoms. The zero-order valence-electron chi connectivity index (χ0n) is 12.8. The molecule has 4 N–H and O–H groups in total. The minimum absolute atomic E-state index is 0.00126. The third kappa shape index (κ3) is 2.51. The van der Waals surface area contributed by atoms with Gasteiger partial charge in [-0.1, -0.05) is 0 Å². The predicted octanol–water partition coefficient (Wildman–Crippen LogP) is 0.867. The number of carbonyl (C=O) groups excluding carboxylic acids is 1. The Balaban J connectivity index is 1.80. The van der Waals surface area contributed by atoms with Crippen molar-refractivity contribution in [3.05, 3.63) is 36.2 Å². The molecule has 0 unspecified atom stereocenters. The largest absolute Gasteiger partial charge is 0.508 e. The minimum atomic E-state index is -0.349. The predicted molar refractivity (Wildman–Crippen MR) is 86.0 cm³/mol. The van der Waals surface area contributed by atoms with Gasteiger partial charge >= 0.3 is 0 Å². The number of rotatable bonds is 2. The number of nitrogens with zero attached hydrogens (tertiary/aromatic N) is 4. The Morgan fingerprint density at radius 2 is 1.84 bits per heavy atom. The third-order valence-electron chi connectivity index (χ3n) is 3.84.